The summed E-state index contributed by atoms with van der Waals surface area (Å²) >= 11 is 0. The van der Waals surface area contributed by atoms with Gasteiger partial charge in [-0.3, -0.25) is 4.79 Å². The van der Waals surface area contributed by atoms with Crippen LogP contribution in [0.4, 0.5) is 0 Å². The number of hydrogen-bond donors (Lipinski definition) is 1. The molecule has 0 amide bonds. The molecule has 1 heterocycles. The van der Waals surface area contributed by atoms with E-state index in [4.69, 9.17) is 0 Å². The first-order chi connectivity index (χ1) is 6.36. The minimum atomic E-state index is -0.101. The molecule has 0 spiro atoms. The van der Waals surface area contributed by atoms with Crippen LogP contribution in [0.1, 0.15) is 44.8 Å². The molecule has 1 aromatic heterocycles. The van der Waals surface area contributed by atoms with Crippen molar-refractivity contribution in [2.24, 2.45) is 0 Å². The van der Waals surface area contributed by atoms with Crippen LogP contribution in [-0.2, 0) is 11.8 Å². The molecular formula is C11H18N2O. The summed E-state index contributed by atoms with van der Waals surface area (Å²) in [6.07, 6.45) is 0.735. The van der Waals surface area contributed by atoms with Gasteiger partial charge in [0.1, 0.15) is 5.82 Å². The van der Waals surface area contributed by atoms with E-state index in [1.165, 1.54) is 0 Å². The van der Waals surface area contributed by atoms with E-state index >= 15 is 0 Å². The quantitative estimate of drug-likeness (QED) is 0.742. The summed E-state index contributed by atoms with van der Waals surface area (Å²) in [4.78, 5) is 18.9. The van der Waals surface area contributed by atoms with E-state index in [1.54, 1.807) is 0 Å². The molecule has 14 heavy (non-hydrogen) atoms. The number of aryl methyl sites for hydroxylation is 1. The zero-order valence-electron chi connectivity index (χ0n) is 9.56. The molecule has 3 nitrogen and oxygen atoms in total. The summed E-state index contributed by atoms with van der Waals surface area (Å²) in [5, 5.41) is 0. The first-order valence-electron chi connectivity index (χ1n) is 4.96. The Hall–Kier alpha value is -1.12. The summed E-state index contributed by atoms with van der Waals surface area (Å²) in [5.74, 6) is 0.761. The van der Waals surface area contributed by atoms with Crippen molar-refractivity contribution in [1.82, 2.24) is 9.97 Å². The monoisotopic (exact) mass is 194 g/mol. The largest absolute Gasteiger partial charge is 0.310 e. The van der Waals surface area contributed by atoms with Crippen molar-refractivity contribution >= 4 is 0 Å². The van der Waals surface area contributed by atoms with Crippen molar-refractivity contribution in [1.29, 1.82) is 0 Å². The smallest absolute Gasteiger partial charge is 0.254 e. The first kappa shape index (κ1) is 11.0. The fourth-order valence-corrected chi connectivity index (χ4v) is 1.38. The van der Waals surface area contributed by atoms with E-state index in [-0.39, 0.29) is 11.0 Å². The van der Waals surface area contributed by atoms with Gasteiger partial charge >= 0.3 is 0 Å². The van der Waals surface area contributed by atoms with Crippen LogP contribution in [0.3, 0.4) is 0 Å². The molecule has 0 aliphatic rings. The van der Waals surface area contributed by atoms with E-state index in [2.05, 4.69) is 9.97 Å². The highest BCUT2D eigenvalue weighted by Crippen LogP contribution is 2.17. The van der Waals surface area contributed by atoms with E-state index in [1.807, 2.05) is 34.6 Å². The minimum Gasteiger partial charge on any atom is -0.310 e. The van der Waals surface area contributed by atoms with Gasteiger partial charge in [0, 0.05) is 16.7 Å². The summed E-state index contributed by atoms with van der Waals surface area (Å²) in [5.41, 5.74) is 1.54. The van der Waals surface area contributed by atoms with Gasteiger partial charge in [0.2, 0.25) is 0 Å². The van der Waals surface area contributed by atoms with Crippen LogP contribution >= 0.6 is 0 Å². The number of rotatable bonds is 1. The topological polar surface area (TPSA) is 45.8 Å². The Morgan fingerprint density at radius 2 is 1.93 bits per heavy atom. The molecule has 0 aliphatic heterocycles. The van der Waals surface area contributed by atoms with Crippen LogP contribution < -0.4 is 5.56 Å². The minimum absolute atomic E-state index is 0.00456. The Balaban J connectivity index is 3.36. The standard InChI is InChI=1S/C11H18N2O/c1-6-8-7(2)12-10(11(3,4)5)13-9(8)14/h6H2,1-5H3,(H,12,13,14). The Labute approximate surface area is 84.6 Å². The number of aromatic amines is 1. The highest BCUT2D eigenvalue weighted by atomic mass is 16.1. The number of hydrogen-bond acceptors (Lipinski definition) is 2. The van der Waals surface area contributed by atoms with Crippen LogP contribution in [0.15, 0.2) is 4.79 Å². The van der Waals surface area contributed by atoms with Crippen molar-refractivity contribution in [3.63, 3.8) is 0 Å². The molecule has 3 heteroatoms. The van der Waals surface area contributed by atoms with Crippen molar-refractivity contribution in [3.05, 3.63) is 27.4 Å². The van der Waals surface area contributed by atoms with Crippen LogP contribution in [0.2, 0.25) is 0 Å². The fourth-order valence-electron chi connectivity index (χ4n) is 1.38. The SMILES string of the molecule is CCc1c(C)nc(C(C)(C)C)[nH]c1=O. The lowest BCUT2D eigenvalue weighted by molar-refractivity contribution is 0.538. The first-order valence-corrected chi connectivity index (χ1v) is 4.96. The molecule has 1 N–H and O–H groups in total. The van der Waals surface area contributed by atoms with Crippen molar-refractivity contribution in [3.8, 4) is 0 Å². The van der Waals surface area contributed by atoms with Gasteiger partial charge < -0.3 is 4.98 Å². The molecule has 0 aromatic carbocycles. The second-order valence-corrected chi connectivity index (χ2v) is 4.58. The van der Waals surface area contributed by atoms with E-state index < -0.39 is 0 Å². The highest BCUT2D eigenvalue weighted by Gasteiger charge is 2.18. The lowest BCUT2D eigenvalue weighted by Crippen LogP contribution is -2.25. The maximum Gasteiger partial charge on any atom is 0.254 e. The molecule has 0 atom stereocenters. The third-order valence-electron chi connectivity index (χ3n) is 2.29. The van der Waals surface area contributed by atoms with E-state index in [9.17, 15) is 4.79 Å². The number of nitrogens with zero attached hydrogens (tertiary/aromatic N) is 1. The Morgan fingerprint density at radius 3 is 2.29 bits per heavy atom. The zero-order chi connectivity index (χ0) is 10.9. The Morgan fingerprint density at radius 1 is 1.36 bits per heavy atom. The average molecular weight is 194 g/mol. The maximum absolute atomic E-state index is 11.6. The third-order valence-corrected chi connectivity index (χ3v) is 2.29. The molecule has 0 bridgehead atoms. The molecule has 1 aromatic rings. The zero-order valence-corrected chi connectivity index (χ0v) is 9.56. The number of nitrogens with one attached hydrogen (secondary N) is 1. The van der Waals surface area contributed by atoms with Gasteiger partial charge in [0.05, 0.1) is 0 Å². The summed E-state index contributed by atoms with van der Waals surface area (Å²) < 4.78 is 0. The van der Waals surface area contributed by atoms with Gasteiger partial charge in [-0.05, 0) is 13.3 Å². The van der Waals surface area contributed by atoms with Crippen molar-refractivity contribution in [2.45, 2.75) is 46.5 Å². The molecule has 78 valence electrons. The van der Waals surface area contributed by atoms with E-state index in [0.29, 0.717) is 0 Å². The maximum atomic E-state index is 11.6. The predicted molar refractivity (Wildman–Crippen MR) is 57.7 cm³/mol. The number of aromatic nitrogens is 2. The fraction of sp³-hybridized carbons (Fsp3) is 0.636. The third kappa shape index (κ3) is 2.03. The van der Waals surface area contributed by atoms with Gasteiger partial charge in [0.15, 0.2) is 0 Å². The highest BCUT2D eigenvalue weighted by molar-refractivity contribution is 5.18. The molecule has 0 radical (unpaired) electrons. The van der Waals surface area contributed by atoms with Gasteiger partial charge in [0.25, 0.3) is 5.56 Å². The Bertz CT molecular complexity index is 385. The molecular weight excluding hydrogens is 176 g/mol. The molecule has 0 saturated carbocycles. The lowest BCUT2D eigenvalue weighted by atomic mass is 9.95. The number of H-pyrrole nitrogens is 1. The Kier molecular flexibility index (Phi) is 2.79. The summed E-state index contributed by atoms with van der Waals surface area (Å²) in [7, 11) is 0. The lowest BCUT2D eigenvalue weighted by Gasteiger charge is -2.18. The molecule has 0 unspecified atom stereocenters. The second-order valence-electron chi connectivity index (χ2n) is 4.58. The van der Waals surface area contributed by atoms with Crippen LogP contribution in [0, 0.1) is 6.92 Å². The van der Waals surface area contributed by atoms with E-state index in [0.717, 1.165) is 23.5 Å². The molecule has 0 fully saturated rings. The predicted octanol–water partition coefficient (Wildman–Crippen LogP) is 1.94. The van der Waals surface area contributed by atoms with Crippen LogP contribution in [0.25, 0.3) is 0 Å². The second kappa shape index (κ2) is 3.56. The van der Waals surface area contributed by atoms with Crippen LogP contribution in [0.5, 0.6) is 0 Å². The van der Waals surface area contributed by atoms with Gasteiger partial charge in [-0.25, -0.2) is 4.98 Å². The molecule has 1 rings (SSSR count). The van der Waals surface area contributed by atoms with Crippen molar-refractivity contribution in [2.75, 3.05) is 0 Å². The van der Waals surface area contributed by atoms with Gasteiger partial charge in [-0.1, -0.05) is 27.7 Å². The normalized spacial score (nSPS) is 11.8. The van der Waals surface area contributed by atoms with Crippen LogP contribution in [-0.4, -0.2) is 9.97 Å². The van der Waals surface area contributed by atoms with Gasteiger partial charge in [-0.2, -0.15) is 0 Å². The summed E-state index contributed by atoms with van der Waals surface area (Å²) in [6, 6.07) is 0. The van der Waals surface area contributed by atoms with Crippen molar-refractivity contribution < 1.29 is 0 Å². The van der Waals surface area contributed by atoms with Gasteiger partial charge in [-0.15, -0.1) is 0 Å². The molecule has 0 saturated heterocycles. The summed E-state index contributed by atoms with van der Waals surface area (Å²) in [6.45, 7) is 9.97. The molecule has 0 aliphatic carbocycles. The average Bonchev–Trinajstić information content (AvgIpc) is 2.01.